The van der Waals surface area contributed by atoms with Crippen molar-refractivity contribution in [2.24, 2.45) is 0 Å². The molecule has 1 aliphatic heterocycles. The minimum absolute atomic E-state index is 0.0245. The van der Waals surface area contributed by atoms with Crippen molar-refractivity contribution in [3.05, 3.63) is 35.4 Å². The SMILES string of the molecule is C[C@@H](NC(=O)[C@@H]1COCCN1C1CCCC1)c1cccc(C#N)c1. The first kappa shape index (κ1) is 16.9. The lowest BCUT2D eigenvalue weighted by Gasteiger charge is -2.39. The Labute approximate surface area is 143 Å². The summed E-state index contributed by atoms with van der Waals surface area (Å²) in [4.78, 5) is 15.1. The van der Waals surface area contributed by atoms with Gasteiger partial charge in [-0.2, -0.15) is 5.26 Å². The van der Waals surface area contributed by atoms with Crippen LogP contribution in [0.2, 0.25) is 0 Å². The van der Waals surface area contributed by atoms with Crippen LogP contribution in [-0.4, -0.2) is 42.6 Å². The Hall–Kier alpha value is -1.90. The Balaban J connectivity index is 1.66. The van der Waals surface area contributed by atoms with Crippen LogP contribution in [0.1, 0.15) is 49.8 Å². The first-order chi connectivity index (χ1) is 11.7. The predicted octanol–water partition coefficient (Wildman–Crippen LogP) is 2.38. The number of ether oxygens (including phenoxy) is 1. The van der Waals surface area contributed by atoms with Crippen LogP contribution in [0.3, 0.4) is 0 Å². The van der Waals surface area contributed by atoms with Crippen molar-refractivity contribution in [2.75, 3.05) is 19.8 Å². The number of hydrogen-bond donors (Lipinski definition) is 1. The molecule has 1 aliphatic carbocycles. The summed E-state index contributed by atoms with van der Waals surface area (Å²) < 4.78 is 5.57. The monoisotopic (exact) mass is 327 g/mol. The highest BCUT2D eigenvalue weighted by Crippen LogP contribution is 2.27. The van der Waals surface area contributed by atoms with Crippen LogP contribution in [0.15, 0.2) is 24.3 Å². The van der Waals surface area contributed by atoms with Crippen LogP contribution < -0.4 is 5.32 Å². The Kier molecular flexibility index (Phi) is 5.49. The molecule has 5 heteroatoms. The van der Waals surface area contributed by atoms with Crippen molar-refractivity contribution in [3.63, 3.8) is 0 Å². The van der Waals surface area contributed by atoms with E-state index in [-0.39, 0.29) is 18.0 Å². The van der Waals surface area contributed by atoms with Gasteiger partial charge >= 0.3 is 0 Å². The maximum atomic E-state index is 12.8. The molecule has 5 nitrogen and oxygen atoms in total. The lowest BCUT2D eigenvalue weighted by Crippen LogP contribution is -2.56. The van der Waals surface area contributed by atoms with Crippen LogP contribution in [0.4, 0.5) is 0 Å². The second kappa shape index (κ2) is 7.78. The molecule has 2 aliphatic rings. The van der Waals surface area contributed by atoms with Gasteiger partial charge in [0.05, 0.1) is 30.9 Å². The van der Waals surface area contributed by atoms with E-state index in [1.54, 1.807) is 6.07 Å². The van der Waals surface area contributed by atoms with Crippen molar-refractivity contribution in [1.29, 1.82) is 5.26 Å². The van der Waals surface area contributed by atoms with E-state index >= 15 is 0 Å². The zero-order valence-corrected chi connectivity index (χ0v) is 14.2. The third-order valence-corrected chi connectivity index (χ3v) is 5.14. The van der Waals surface area contributed by atoms with Gasteiger partial charge in [0.2, 0.25) is 5.91 Å². The van der Waals surface area contributed by atoms with Crippen LogP contribution in [-0.2, 0) is 9.53 Å². The van der Waals surface area contributed by atoms with E-state index < -0.39 is 0 Å². The Morgan fingerprint density at radius 3 is 2.96 bits per heavy atom. The van der Waals surface area contributed by atoms with E-state index in [1.807, 2.05) is 25.1 Å². The zero-order chi connectivity index (χ0) is 16.9. The number of nitrogens with one attached hydrogen (secondary N) is 1. The molecule has 128 valence electrons. The number of rotatable bonds is 4. The van der Waals surface area contributed by atoms with E-state index in [1.165, 1.54) is 25.7 Å². The van der Waals surface area contributed by atoms with E-state index in [0.29, 0.717) is 24.8 Å². The molecular formula is C19H25N3O2. The van der Waals surface area contributed by atoms with Crippen LogP contribution in [0.5, 0.6) is 0 Å². The Bertz CT molecular complexity index is 619. The number of amides is 1. The number of hydrogen-bond acceptors (Lipinski definition) is 4. The van der Waals surface area contributed by atoms with Crippen LogP contribution in [0.25, 0.3) is 0 Å². The number of morpholine rings is 1. The van der Waals surface area contributed by atoms with E-state index in [9.17, 15) is 4.79 Å². The molecule has 1 heterocycles. The maximum absolute atomic E-state index is 12.8. The van der Waals surface area contributed by atoms with E-state index in [2.05, 4.69) is 16.3 Å². The predicted molar refractivity (Wildman–Crippen MR) is 91.3 cm³/mol. The summed E-state index contributed by atoms with van der Waals surface area (Å²) >= 11 is 0. The van der Waals surface area contributed by atoms with Gasteiger partial charge in [-0.15, -0.1) is 0 Å². The topological polar surface area (TPSA) is 65.4 Å². The molecule has 0 radical (unpaired) electrons. The maximum Gasteiger partial charge on any atom is 0.240 e. The molecule has 0 spiro atoms. The normalized spacial score (nSPS) is 23.6. The average molecular weight is 327 g/mol. The molecule has 1 aromatic rings. The summed E-state index contributed by atoms with van der Waals surface area (Å²) in [5, 5.41) is 12.1. The summed E-state index contributed by atoms with van der Waals surface area (Å²) in [6, 6.07) is 9.72. The minimum Gasteiger partial charge on any atom is -0.378 e. The lowest BCUT2D eigenvalue weighted by atomic mass is 10.0. The molecule has 1 N–H and O–H groups in total. The lowest BCUT2D eigenvalue weighted by molar-refractivity contribution is -0.135. The second-order valence-corrected chi connectivity index (χ2v) is 6.73. The van der Waals surface area contributed by atoms with Gasteiger partial charge in [-0.1, -0.05) is 25.0 Å². The second-order valence-electron chi connectivity index (χ2n) is 6.73. The molecule has 3 rings (SSSR count). The largest absolute Gasteiger partial charge is 0.378 e. The quantitative estimate of drug-likeness (QED) is 0.922. The fourth-order valence-corrected chi connectivity index (χ4v) is 3.79. The molecule has 0 aromatic heterocycles. The molecule has 1 saturated carbocycles. The number of nitriles is 1. The standard InChI is InChI=1S/C19H25N3O2/c1-14(16-6-4-5-15(11-16)12-20)21-19(23)18-13-24-10-9-22(18)17-7-2-3-8-17/h4-6,11,14,17-18H,2-3,7-10,13H2,1H3,(H,21,23)/t14-,18+/m1/s1. The summed E-state index contributed by atoms with van der Waals surface area (Å²) in [5.41, 5.74) is 1.56. The van der Waals surface area contributed by atoms with Crippen LogP contribution in [0, 0.1) is 11.3 Å². The minimum atomic E-state index is -0.205. The fourth-order valence-electron chi connectivity index (χ4n) is 3.79. The molecular weight excluding hydrogens is 302 g/mol. The average Bonchev–Trinajstić information content (AvgIpc) is 3.16. The molecule has 1 amide bonds. The van der Waals surface area contributed by atoms with Gasteiger partial charge in [-0.3, -0.25) is 9.69 Å². The number of carbonyl (C=O) groups excluding carboxylic acids is 1. The molecule has 1 saturated heterocycles. The van der Waals surface area contributed by atoms with Gasteiger partial charge in [0.1, 0.15) is 6.04 Å². The molecule has 0 unspecified atom stereocenters. The van der Waals surface area contributed by atoms with Gasteiger partial charge in [-0.25, -0.2) is 0 Å². The summed E-state index contributed by atoms with van der Waals surface area (Å²) in [6.07, 6.45) is 4.88. The van der Waals surface area contributed by atoms with Gasteiger partial charge in [0.25, 0.3) is 0 Å². The third-order valence-electron chi connectivity index (χ3n) is 5.14. The molecule has 2 atom stereocenters. The van der Waals surface area contributed by atoms with Crippen molar-refractivity contribution in [2.45, 2.75) is 50.7 Å². The Morgan fingerprint density at radius 2 is 2.21 bits per heavy atom. The first-order valence-corrected chi connectivity index (χ1v) is 8.83. The van der Waals surface area contributed by atoms with Gasteiger partial charge in [0, 0.05) is 12.6 Å². The molecule has 2 fully saturated rings. The third kappa shape index (κ3) is 3.77. The highest BCUT2D eigenvalue weighted by atomic mass is 16.5. The molecule has 0 bridgehead atoms. The smallest absolute Gasteiger partial charge is 0.240 e. The van der Waals surface area contributed by atoms with Gasteiger partial charge < -0.3 is 10.1 Å². The van der Waals surface area contributed by atoms with Crippen molar-refractivity contribution >= 4 is 5.91 Å². The zero-order valence-electron chi connectivity index (χ0n) is 14.2. The van der Waals surface area contributed by atoms with E-state index in [4.69, 9.17) is 10.00 Å². The summed E-state index contributed by atoms with van der Waals surface area (Å²) in [5.74, 6) is 0.0245. The Morgan fingerprint density at radius 1 is 1.42 bits per heavy atom. The highest BCUT2D eigenvalue weighted by molar-refractivity contribution is 5.82. The highest BCUT2D eigenvalue weighted by Gasteiger charge is 2.35. The van der Waals surface area contributed by atoms with E-state index in [0.717, 1.165) is 12.1 Å². The summed E-state index contributed by atoms with van der Waals surface area (Å²) in [7, 11) is 0. The molecule has 24 heavy (non-hydrogen) atoms. The molecule has 1 aromatic carbocycles. The number of nitrogens with zero attached hydrogens (tertiary/aromatic N) is 2. The van der Waals surface area contributed by atoms with Gasteiger partial charge in [0.15, 0.2) is 0 Å². The number of carbonyl (C=O) groups is 1. The van der Waals surface area contributed by atoms with Crippen molar-refractivity contribution < 1.29 is 9.53 Å². The van der Waals surface area contributed by atoms with Crippen molar-refractivity contribution in [1.82, 2.24) is 10.2 Å². The first-order valence-electron chi connectivity index (χ1n) is 8.83. The summed E-state index contributed by atoms with van der Waals surface area (Å²) in [6.45, 7) is 3.96. The van der Waals surface area contributed by atoms with Crippen LogP contribution >= 0.6 is 0 Å². The fraction of sp³-hybridized carbons (Fsp3) is 0.579. The number of benzene rings is 1. The van der Waals surface area contributed by atoms with Gasteiger partial charge in [-0.05, 0) is 37.5 Å². The van der Waals surface area contributed by atoms with Crippen molar-refractivity contribution in [3.8, 4) is 6.07 Å².